The quantitative estimate of drug-likeness (QED) is 0.689. The van der Waals surface area contributed by atoms with Gasteiger partial charge in [-0.1, -0.05) is 0 Å². The van der Waals surface area contributed by atoms with Gasteiger partial charge < -0.3 is 15.2 Å². The summed E-state index contributed by atoms with van der Waals surface area (Å²) in [4.78, 5) is 35.2. The monoisotopic (exact) mass is 255 g/mol. The van der Waals surface area contributed by atoms with Gasteiger partial charge in [-0.2, -0.15) is 0 Å². The number of hydrogen-bond donors (Lipinski definition) is 1. The van der Waals surface area contributed by atoms with E-state index >= 15 is 0 Å². The lowest BCUT2D eigenvalue weighted by Crippen LogP contribution is -2.51. The first kappa shape index (κ1) is 13.0. The Labute approximate surface area is 105 Å². The second-order valence-electron chi connectivity index (χ2n) is 4.73. The molecular formula is C12H17NO5. The van der Waals surface area contributed by atoms with Crippen LogP contribution in [0.15, 0.2) is 0 Å². The molecule has 0 heterocycles. The minimum Gasteiger partial charge on any atom is -0.466 e. The lowest BCUT2D eigenvalue weighted by Gasteiger charge is -2.23. The number of nitrogens with two attached hydrogens (primary N) is 1. The van der Waals surface area contributed by atoms with Crippen molar-refractivity contribution in [2.24, 2.45) is 23.5 Å². The van der Waals surface area contributed by atoms with Crippen LogP contribution in [0.25, 0.3) is 0 Å². The zero-order valence-electron chi connectivity index (χ0n) is 10.5. The highest BCUT2D eigenvalue weighted by Crippen LogP contribution is 2.60. The van der Waals surface area contributed by atoms with Crippen LogP contribution in [0, 0.1) is 17.8 Å². The van der Waals surface area contributed by atoms with Gasteiger partial charge in [-0.25, -0.2) is 0 Å². The Hall–Kier alpha value is -1.43. The second kappa shape index (κ2) is 4.35. The van der Waals surface area contributed by atoms with Crippen LogP contribution in [0.2, 0.25) is 0 Å². The molecule has 0 aromatic carbocycles. The standard InChI is InChI=1S/C12H17NO5/c1-3-17-10(15)8-7-6(14)5-12(13,9(7)8)11(16)18-4-2/h7-9H,3-5,13H2,1-2H3/t7-,8-,9?,12-/m1/s1. The molecule has 2 N–H and O–H groups in total. The fourth-order valence-electron chi connectivity index (χ4n) is 2.88. The first-order chi connectivity index (χ1) is 8.47. The van der Waals surface area contributed by atoms with Crippen LogP contribution >= 0.6 is 0 Å². The smallest absolute Gasteiger partial charge is 0.326 e. The molecule has 6 heteroatoms. The summed E-state index contributed by atoms with van der Waals surface area (Å²) in [6.45, 7) is 3.82. The highest BCUT2D eigenvalue weighted by Gasteiger charge is 2.74. The average Bonchev–Trinajstić information content (AvgIpc) is 2.99. The zero-order valence-corrected chi connectivity index (χ0v) is 10.5. The van der Waals surface area contributed by atoms with Crippen molar-refractivity contribution >= 4 is 17.7 Å². The highest BCUT2D eigenvalue weighted by molar-refractivity contribution is 6.03. The van der Waals surface area contributed by atoms with E-state index in [0.717, 1.165) is 0 Å². The molecule has 1 unspecified atom stereocenters. The van der Waals surface area contributed by atoms with Gasteiger partial charge in [-0.15, -0.1) is 0 Å². The molecule has 4 atom stereocenters. The van der Waals surface area contributed by atoms with Gasteiger partial charge >= 0.3 is 11.9 Å². The van der Waals surface area contributed by atoms with Crippen LogP contribution in [0.1, 0.15) is 20.3 Å². The summed E-state index contributed by atoms with van der Waals surface area (Å²) in [5.74, 6) is -2.67. The Morgan fingerprint density at radius 1 is 1.33 bits per heavy atom. The van der Waals surface area contributed by atoms with Gasteiger partial charge in [0.05, 0.1) is 19.1 Å². The van der Waals surface area contributed by atoms with E-state index < -0.39 is 35.2 Å². The minimum absolute atomic E-state index is 0.0446. The predicted molar refractivity (Wildman–Crippen MR) is 60.3 cm³/mol. The number of ketones is 1. The molecule has 0 bridgehead atoms. The summed E-state index contributed by atoms with van der Waals surface area (Å²) in [6, 6.07) is 0. The Morgan fingerprint density at radius 2 is 1.94 bits per heavy atom. The minimum atomic E-state index is -1.35. The zero-order chi connectivity index (χ0) is 13.5. The Bertz CT molecular complexity index is 407. The summed E-state index contributed by atoms with van der Waals surface area (Å²) in [6.07, 6.45) is -0.0446. The molecule has 0 radical (unpaired) electrons. The van der Waals surface area contributed by atoms with Gasteiger partial charge in [0.25, 0.3) is 0 Å². The van der Waals surface area contributed by atoms with Crippen molar-refractivity contribution in [3.05, 3.63) is 0 Å². The molecule has 6 nitrogen and oxygen atoms in total. The van der Waals surface area contributed by atoms with Gasteiger partial charge in [0, 0.05) is 18.3 Å². The van der Waals surface area contributed by atoms with Crippen LogP contribution in [0.3, 0.4) is 0 Å². The molecule has 0 spiro atoms. The van der Waals surface area contributed by atoms with Gasteiger partial charge in [0.2, 0.25) is 0 Å². The van der Waals surface area contributed by atoms with E-state index in [0.29, 0.717) is 0 Å². The van der Waals surface area contributed by atoms with Crippen LogP contribution in [0.5, 0.6) is 0 Å². The summed E-state index contributed by atoms with van der Waals surface area (Å²) < 4.78 is 9.78. The van der Waals surface area contributed by atoms with Crippen LogP contribution in [0.4, 0.5) is 0 Å². The molecular weight excluding hydrogens is 238 g/mol. The molecule has 2 fully saturated rings. The normalized spacial score (nSPS) is 37.1. The molecule has 0 saturated heterocycles. The maximum Gasteiger partial charge on any atom is 0.326 e. The molecule has 2 aliphatic carbocycles. The summed E-state index contributed by atoms with van der Waals surface area (Å²) in [5.41, 5.74) is 4.63. The van der Waals surface area contributed by atoms with Gasteiger partial charge in [-0.3, -0.25) is 14.4 Å². The molecule has 0 aromatic rings. The van der Waals surface area contributed by atoms with Gasteiger partial charge in [0.15, 0.2) is 0 Å². The summed E-state index contributed by atoms with van der Waals surface area (Å²) in [7, 11) is 0. The van der Waals surface area contributed by atoms with Crippen molar-refractivity contribution in [1.82, 2.24) is 0 Å². The number of hydrogen-bond acceptors (Lipinski definition) is 6. The van der Waals surface area contributed by atoms with Gasteiger partial charge in [-0.05, 0) is 13.8 Å². The number of ether oxygens (including phenoxy) is 2. The molecule has 100 valence electrons. The number of carbonyl (C=O) groups excluding carboxylic acids is 3. The Balaban J connectivity index is 2.15. The fraction of sp³-hybridized carbons (Fsp3) is 0.750. The molecule has 0 aromatic heterocycles. The van der Waals surface area contributed by atoms with Crippen molar-refractivity contribution in [3.63, 3.8) is 0 Å². The highest BCUT2D eigenvalue weighted by atomic mass is 16.5. The number of carbonyl (C=O) groups is 3. The Kier molecular flexibility index (Phi) is 3.14. The van der Waals surface area contributed by atoms with E-state index in [1.54, 1.807) is 13.8 Å². The van der Waals surface area contributed by atoms with Crippen LogP contribution < -0.4 is 5.73 Å². The van der Waals surface area contributed by atoms with E-state index in [1.807, 2.05) is 0 Å². The van der Waals surface area contributed by atoms with Crippen molar-refractivity contribution < 1.29 is 23.9 Å². The molecule has 2 rings (SSSR count). The summed E-state index contributed by atoms with van der Waals surface area (Å²) >= 11 is 0. The number of esters is 2. The number of fused-ring (bicyclic) bond motifs is 1. The predicted octanol–water partition coefficient (Wildman–Crippen LogP) is -0.355. The van der Waals surface area contributed by atoms with E-state index in [4.69, 9.17) is 15.2 Å². The van der Waals surface area contributed by atoms with Gasteiger partial charge in [0.1, 0.15) is 11.3 Å². The van der Waals surface area contributed by atoms with Crippen LogP contribution in [-0.2, 0) is 23.9 Å². The third-order valence-electron chi connectivity index (χ3n) is 3.67. The molecule has 0 amide bonds. The molecule has 0 aliphatic heterocycles. The van der Waals surface area contributed by atoms with E-state index in [2.05, 4.69) is 0 Å². The van der Waals surface area contributed by atoms with Crippen molar-refractivity contribution in [1.29, 1.82) is 0 Å². The lowest BCUT2D eigenvalue weighted by molar-refractivity contribution is -0.153. The molecule has 2 saturated carbocycles. The first-order valence-corrected chi connectivity index (χ1v) is 6.12. The van der Waals surface area contributed by atoms with Crippen molar-refractivity contribution in [2.75, 3.05) is 13.2 Å². The maximum absolute atomic E-state index is 11.8. The third kappa shape index (κ3) is 1.71. The topological polar surface area (TPSA) is 95.7 Å². The summed E-state index contributed by atoms with van der Waals surface area (Å²) in [5, 5.41) is 0. The Morgan fingerprint density at radius 3 is 2.50 bits per heavy atom. The van der Waals surface area contributed by atoms with Crippen molar-refractivity contribution in [2.45, 2.75) is 25.8 Å². The first-order valence-electron chi connectivity index (χ1n) is 6.12. The molecule has 2 aliphatic rings. The van der Waals surface area contributed by atoms with E-state index in [-0.39, 0.29) is 25.4 Å². The lowest BCUT2D eigenvalue weighted by atomic mass is 9.91. The SMILES string of the molecule is CCOC(=O)[C@H]1C2[C@@H]1C(=O)C[C@]2(N)C(=O)OCC. The third-order valence-corrected chi connectivity index (χ3v) is 3.67. The van der Waals surface area contributed by atoms with Crippen LogP contribution in [-0.4, -0.2) is 36.5 Å². The maximum atomic E-state index is 11.8. The largest absolute Gasteiger partial charge is 0.466 e. The average molecular weight is 255 g/mol. The molecule has 18 heavy (non-hydrogen) atoms. The van der Waals surface area contributed by atoms with Crippen molar-refractivity contribution in [3.8, 4) is 0 Å². The fourth-order valence-corrected chi connectivity index (χ4v) is 2.88. The second-order valence-corrected chi connectivity index (χ2v) is 4.73. The van der Waals surface area contributed by atoms with E-state index in [1.165, 1.54) is 0 Å². The van der Waals surface area contributed by atoms with E-state index in [9.17, 15) is 14.4 Å². The number of rotatable bonds is 4. The number of Topliss-reactive ketones (excluding diaryl/α,β-unsaturated/α-hetero) is 1.